The fourth-order valence-electron chi connectivity index (χ4n) is 2.68. The first-order chi connectivity index (χ1) is 13.0. The lowest BCUT2D eigenvalue weighted by molar-refractivity contribution is 0.103. The molecule has 0 aliphatic carbocycles. The Labute approximate surface area is 156 Å². The highest BCUT2D eigenvalue weighted by atomic mass is 32.2. The minimum atomic E-state index is -2.15. The Morgan fingerprint density at radius 1 is 1.11 bits per heavy atom. The van der Waals surface area contributed by atoms with Gasteiger partial charge in [-0.1, -0.05) is 6.07 Å². The zero-order valence-corrected chi connectivity index (χ0v) is 14.8. The molecule has 6 nitrogen and oxygen atoms in total. The topological polar surface area (TPSA) is 92.2 Å². The van der Waals surface area contributed by atoms with Crippen LogP contribution in [0.15, 0.2) is 42.7 Å². The molecule has 1 unspecified atom stereocenters. The maximum absolute atomic E-state index is 14.8. The third-order valence-corrected chi connectivity index (χ3v) is 4.43. The lowest BCUT2D eigenvalue weighted by atomic mass is 9.97. The maximum Gasteiger partial charge on any atom is 0.231 e. The Morgan fingerprint density at radius 3 is 2.59 bits per heavy atom. The second kappa shape index (κ2) is 8.38. The molecule has 0 aliphatic heterocycles. The zero-order valence-electron chi connectivity index (χ0n) is 14.0. The molecule has 2 N–H and O–H groups in total. The van der Waals surface area contributed by atoms with E-state index >= 15 is 0 Å². The van der Waals surface area contributed by atoms with Gasteiger partial charge in [-0.2, -0.15) is 0 Å². The van der Waals surface area contributed by atoms with Crippen LogP contribution < -0.4 is 4.72 Å². The average Bonchev–Trinajstić information content (AvgIpc) is 2.66. The Balaban J connectivity index is 1.88. The molecule has 0 radical (unpaired) electrons. The maximum atomic E-state index is 14.8. The van der Waals surface area contributed by atoms with E-state index < -0.39 is 34.2 Å². The van der Waals surface area contributed by atoms with Crippen molar-refractivity contribution in [1.82, 2.24) is 14.7 Å². The van der Waals surface area contributed by atoms with Crippen LogP contribution in [0.4, 0.5) is 8.78 Å². The molecule has 0 amide bonds. The third-order valence-electron chi connectivity index (χ3n) is 3.98. The molecule has 1 aromatic heterocycles. The Bertz CT molecular complexity index is 1030. The minimum Gasteiger partial charge on any atom is -0.294 e. The molecule has 9 heteroatoms. The number of hydrogen-bond donors (Lipinski definition) is 2. The van der Waals surface area contributed by atoms with Crippen molar-refractivity contribution in [2.24, 2.45) is 0 Å². The second-order valence-electron chi connectivity index (χ2n) is 5.73. The summed E-state index contributed by atoms with van der Waals surface area (Å²) in [6, 6.07) is 6.77. The number of nitrogens with one attached hydrogen (secondary N) is 1. The fraction of sp³-hybridized carbons (Fsp3) is 0.167. The van der Waals surface area contributed by atoms with Crippen LogP contribution in [0.25, 0.3) is 11.0 Å². The van der Waals surface area contributed by atoms with Crippen molar-refractivity contribution in [3.05, 3.63) is 71.1 Å². The Kier molecular flexibility index (Phi) is 5.94. The highest BCUT2D eigenvalue weighted by Crippen LogP contribution is 2.23. The molecule has 140 valence electrons. The first kappa shape index (κ1) is 19.2. The number of halogens is 2. The van der Waals surface area contributed by atoms with Crippen LogP contribution in [-0.2, 0) is 17.7 Å². The van der Waals surface area contributed by atoms with Crippen molar-refractivity contribution in [2.75, 3.05) is 6.54 Å². The number of aryl methyl sites for hydroxylation is 1. The number of hydrogen-bond acceptors (Lipinski definition) is 4. The first-order valence-electron chi connectivity index (χ1n) is 8.04. The van der Waals surface area contributed by atoms with Crippen molar-refractivity contribution in [2.45, 2.75) is 12.8 Å². The minimum absolute atomic E-state index is 0.107. The number of carbonyl (C=O) groups excluding carboxylic acids is 1. The van der Waals surface area contributed by atoms with Gasteiger partial charge in [0.1, 0.15) is 11.6 Å². The molecule has 27 heavy (non-hydrogen) atoms. The summed E-state index contributed by atoms with van der Waals surface area (Å²) in [5.41, 5.74) is 0.650. The average molecular weight is 391 g/mol. The van der Waals surface area contributed by atoms with E-state index in [4.69, 9.17) is 4.55 Å². The van der Waals surface area contributed by atoms with Crippen molar-refractivity contribution in [3.63, 3.8) is 0 Å². The quantitative estimate of drug-likeness (QED) is 0.367. The summed E-state index contributed by atoms with van der Waals surface area (Å²) in [4.78, 5) is 20.9. The Hall–Kier alpha value is -2.62. The van der Waals surface area contributed by atoms with Gasteiger partial charge < -0.3 is 0 Å². The predicted octanol–water partition coefficient (Wildman–Crippen LogP) is 2.80. The van der Waals surface area contributed by atoms with Gasteiger partial charge in [0.05, 0.1) is 16.6 Å². The van der Waals surface area contributed by atoms with E-state index in [1.54, 1.807) is 6.07 Å². The predicted molar refractivity (Wildman–Crippen MR) is 96.4 cm³/mol. The smallest absolute Gasteiger partial charge is 0.231 e. The summed E-state index contributed by atoms with van der Waals surface area (Å²) in [5, 5.41) is 0. The van der Waals surface area contributed by atoms with E-state index in [1.807, 2.05) is 0 Å². The van der Waals surface area contributed by atoms with E-state index in [0.29, 0.717) is 17.5 Å². The summed E-state index contributed by atoms with van der Waals surface area (Å²) in [6.45, 7) is 0.173. The number of carbonyl (C=O) groups is 1. The van der Waals surface area contributed by atoms with Crippen LogP contribution in [0.1, 0.15) is 27.9 Å². The molecule has 2 aromatic carbocycles. The van der Waals surface area contributed by atoms with Gasteiger partial charge in [0.15, 0.2) is 5.78 Å². The molecule has 0 aliphatic rings. The molecule has 0 spiro atoms. The van der Waals surface area contributed by atoms with Gasteiger partial charge in [0, 0.05) is 24.5 Å². The standard InChI is InChI=1S/C18H15F2N3O3S/c19-13-5-3-11(2-1-7-23-27(25)26)17(20)16(13)18(24)12-4-6-14-15(10-12)22-9-8-21-14/h3-6,8-10,23H,1-2,7H2,(H,25,26). The van der Waals surface area contributed by atoms with Gasteiger partial charge in [-0.25, -0.2) is 17.7 Å². The van der Waals surface area contributed by atoms with E-state index in [1.165, 1.54) is 30.6 Å². The zero-order chi connectivity index (χ0) is 19.4. The molecule has 0 saturated carbocycles. The molecule has 0 saturated heterocycles. The summed E-state index contributed by atoms with van der Waals surface area (Å²) in [7, 11) is 0. The van der Waals surface area contributed by atoms with Crippen molar-refractivity contribution < 1.29 is 22.3 Å². The largest absolute Gasteiger partial charge is 0.294 e. The number of fused-ring (bicyclic) bond motifs is 1. The van der Waals surface area contributed by atoms with E-state index in [2.05, 4.69) is 14.7 Å². The van der Waals surface area contributed by atoms with E-state index in [9.17, 15) is 17.8 Å². The van der Waals surface area contributed by atoms with Gasteiger partial charge >= 0.3 is 0 Å². The van der Waals surface area contributed by atoms with Crippen molar-refractivity contribution >= 4 is 28.1 Å². The molecule has 3 aromatic rings. The van der Waals surface area contributed by atoms with Crippen LogP contribution in [-0.4, -0.2) is 31.1 Å². The van der Waals surface area contributed by atoms with Gasteiger partial charge in [0.2, 0.25) is 11.3 Å². The van der Waals surface area contributed by atoms with E-state index in [0.717, 1.165) is 6.07 Å². The van der Waals surface area contributed by atoms with E-state index in [-0.39, 0.29) is 24.1 Å². The summed E-state index contributed by atoms with van der Waals surface area (Å²) in [5.74, 6) is -2.66. The summed E-state index contributed by atoms with van der Waals surface area (Å²) >= 11 is -2.15. The van der Waals surface area contributed by atoms with Crippen LogP contribution in [0.5, 0.6) is 0 Å². The lowest BCUT2D eigenvalue weighted by Crippen LogP contribution is -2.18. The number of rotatable bonds is 7. The van der Waals surface area contributed by atoms with Crippen molar-refractivity contribution in [3.8, 4) is 0 Å². The number of benzene rings is 2. The highest BCUT2D eigenvalue weighted by molar-refractivity contribution is 7.77. The fourth-order valence-corrected chi connectivity index (χ4v) is 3.00. The lowest BCUT2D eigenvalue weighted by Gasteiger charge is -2.10. The normalized spacial score (nSPS) is 12.3. The summed E-state index contributed by atoms with van der Waals surface area (Å²) in [6.07, 6.45) is 3.49. The molecule has 1 atom stereocenters. The summed E-state index contributed by atoms with van der Waals surface area (Å²) < 4.78 is 50.4. The van der Waals surface area contributed by atoms with Gasteiger partial charge in [0.25, 0.3) is 0 Å². The SMILES string of the molecule is O=C(c1ccc2nccnc2c1)c1c(F)ccc(CCCNS(=O)O)c1F. The first-order valence-corrected chi connectivity index (χ1v) is 9.14. The molecule has 0 fully saturated rings. The van der Waals surface area contributed by atoms with Crippen LogP contribution in [0.3, 0.4) is 0 Å². The van der Waals surface area contributed by atoms with Crippen LogP contribution in [0, 0.1) is 11.6 Å². The number of ketones is 1. The molecule has 0 bridgehead atoms. The van der Waals surface area contributed by atoms with Crippen molar-refractivity contribution in [1.29, 1.82) is 0 Å². The molecular weight excluding hydrogens is 376 g/mol. The van der Waals surface area contributed by atoms with Crippen LogP contribution in [0.2, 0.25) is 0 Å². The highest BCUT2D eigenvalue weighted by Gasteiger charge is 2.22. The van der Waals surface area contributed by atoms with Gasteiger partial charge in [-0.3, -0.25) is 19.3 Å². The monoisotopic (exact) mass is 391 g/mol. The third kappa shape index (κ3) is 4.38. The molecule has 1 heterocycles. The molecule has 3 rings (SSSR count). The van der Waals surface area contributed by atoms with Gasteiger partial charge in [-0.15, -0.1) is 0 Å². The Morgan fingerprint density at radius 2 is 1.85 bits per heavy atom. The number of nitrogens with zero attached hydrogens (tertiary/aromatic N) is 2. The molecular formula is C18H15F2N3O3S. The second-order valence-corrected chi connectivity index (χ2v) is 6.52. The van der Waals surface area contributed by atoms with Gasteiger partial charge in [-0.05, 0) is 42.7 Å². The van der Waals surface area contributed by atoms with Crippen LogP contribution >= 0.6 is 0 Å². The number of aromatic nitrogens is 2.